The summed E-state index contributed by atoms with van der Waals surface area (Å²) in [4.78, 5) is 24.1. The average molecular weight is 521 g/mol. The zero-order chi connectivity index (χ0) is 27.7. The van der Waals surface area contributed by atoms with Crippen molar-refractivity contribution in [2.24, 2.45) is 17.6 Å². The van der Waals surface area contributed by atoms with Gasteiger partial charge in [-0.05, 0) is 61.8 Å². The van der Waals surface area contributed by atoms with Gasteiger partial charge in [0.25, 0.3) is 0 Å². The lowest BCUT2D eigenvalue weighted by Gasteiger charge is -2.30. The number of ether oxygens (including phenoxy) is 3. The van der Waals surface area contributed by atoms with E-state index in [2.05, 4.69) is 5.32 Å². The van der Waals surface area contributed by atoms with Gasteiger partial charge in [-0.3, -0.25) is 4.79 Å². The number of amides is 2. The highest BCUT2D eigenvalue weighted by molar-refractivity contribution is 6.00. The molecule has 0 saturated carbocycles. The molecule has 0 unspecified atom stereocenters. The van der Waals surface area contributed by atoms with E-state index in [-0.39, 0.29) is 29.0 Å². The number of benzene rings is 1. The number of fused-ring (bicyclic) bond motifs is 2. The van der Waals surface area contributed by atoms with Crippen LogP contribution < -0.4 is 11.1 Å². The molecule has 37 heavy (non-hydrogen) atoms. The third kappa shape index (κ3) is 8.77. The molecule has 0 aliphatic carbocycles. The second-order valence-electron chi connectivity index (χ2n) is 9.68. The SMILES string of the molecule is CO[C@H]1C[C@H](C)Cc2cc(O)cc(c2O)NC(=O)/C=C/CC[C@H](OC)[C@@H](OC(N)=O)/C(C)=C/[C@H](C)[C@H]1O. The van der Waals surface area contributed by atoms with Crippen molar-refractivity contribution in [2.45, 2.75) is 70.9 Å². The van der Waals surface area contributed by atoms with Gasteiger partial charge in [-0.15, -0.1) is 0 Å². The number of phenols is 2. The van der Waals surface area contributed by atoms with Gasteiger partial charge in [0.15, 0.2) is 6.10 Å². The fourth-order valence-electron chi connectivity index (χ4n) is 4.71. The number of rotatable bonds is 3. The molecular formula is C27H40N2O8. The number of carbonyl (C=O) groups excluding carboxylic acids is 2. The van der Waals surface area contributed by atoms with Crippen LogP contribution in [0.15, 0.2) is 35.9 Å². The Hall–Kier alpha value is -3.08. The molecule has 6 atom stereocenters. The molecule has 1 aromatic carbocycles. The summed E-state index contributed by atoms with van der Waals surface area (Å²) >= 11 is 0. The molecular weight excluding hydrogens is 480 g/mol. The monoisotopic (exact) mass is 520 g/mol. The maximum atomic E-state index is 12.5. The summed E-state index contributed by atoms with van der Waals surface area (Å²) in [6, 6.07) is 2.73. The summed E-state index contributed by atoms with van der Waals surface area (Å²) in [6.45, 7) is 5.56. The molecule has 2 bridgehead atoms. The van der Waals surface area contributed by atoms with E-state index in [1.54, 1.807) is 13.0 Å². The first-order valence-electron chi connectivity index (χ1n) is 12.4. The molecule has 6 N–H and O–H groups in total. The van der Waals surface area contributed by atoms with Gasteiger partial charge in [-0.1, -0.05) is 26.0 Å². The third-order valence-corrected chi connectivity index (χ3v) is 6.60. The second-order valence-corrected chi connectivity index (χ2v) is 9.68. The van der Waals surface area contributed by atoms with E-state index in [1.807, 2.05) is 19.9 Å². The number of methoxy groups -OCH3 is 2. The molecule has 0 spiro atoms. The Morgan fingerprint density at radius 3 is 2.43 bits per heavy atom. The van der Waals surface area contributed by atoms with Crippen LogP contribution in [0.1, 0.15) is 45.6 Å². The largest absolute Gasteiger partial charge is 0.508 e. The highest BCUT2D eigenvalue weighted by Gasteiger charge is 2.30. The van der Waals surface area contributed by atoms with Crippen LogP contribution in [0, 0.1) is 11.8 Å². The smallest absolute Gasteiger partial charge is 0.405 e. The van der Waals surface area contributed by atoms with Gasteiger partial charge in [0, 0.05) is 26.2 Å². The number of primary amides is 1. The number of anilines is 1. The van der Waals surface area contributed by atoms with E-state index < -0.39 is 36.4 Å². The molecule has 2 amide bonds. The van der Waals surface area contributed by atoms with Gasteiger partial charge < -0.3 is 40.6 Å². The van der Waals surface area contributed by atoms with Crippen molar-refractivity contribution in [1.29, 1.82) is 0 Å². The molecule has 0 aromatic heterocycles. The molecule has 0 radical (unpaired) electrons. The van der Waals surface area contributed by atoms with Crippen molar-refractivity contribution in [2.75, 3.05) is 19.5 Å². The van der Waals surface area contributed by atoms with Crippen molar-refractivity contribution in [3.8, 4) is 11.5 Å². The molecule has 2 rings (SSSR count). The predicted octanol–water partition coefficient (Wildman–Crippen LogP) is 3.39. The number of nitrogens with one attached hydrogen (secondary N) is 1. The average Bonchev–Trinajstić information content (AvgIpc) is 2.83. The first kappa shape index (κ1) is 30.1. The van der Waals surface area contributed by atoms with Crippen LogP contribution in [-0.2, 0) is 25.4 Å². The number of carbonyl (C=O) groups is 2. The van der Waals surface area contributed by atoms with Crippen LogP contribution in [0.5, 0.6) is 11.5 Å². The standard InChI is InChI=1S/C27H40N2O8/c1-15-10-18-13-19(30)14-20(25(18)33)29-23(31)9-7-6-8-21(35-4)26(37-27(28)34)17(3)12-16(2)24(32)22(11-15)36-5/h7,9,12-16,21-22,24,26,30,32-33H,6,8,10-11H2,1-5H3,(H2,28,34)(H,29,31)/b9-7+,17-12+/t15-,16+,21+,22+,24-,26+/m1/s1. The van der Waals surface area contributed by atoms with E-state index in [9.17, 15) is 24.9 Å². The summed E-state index contributed by atoms with van der Waals surface area (Å²) in [5.41, 5.74) is 6.54. The minimum atomic E-state index is -0.949. The number of aliphatic hydroxyl groups excluding tert-OH is 1. The fraction of sp³-hybridized carbons (Fsp3) is 0.556. The van der Waals surface area contributed by atoms with Crippen LogP contribution in [0.3, 0.4) is 0 Å². The Morgan fingerprint density at radius 2 is 1.81 bits per heavy atom. The first-order chi connectivity index (χ1) is 17.5. The van der Waals surface area contributed by atoms with Crippen LogP contribution >= 0.6 is 0 Å². The normalized spacial score (nSPS) is 30.5. The topological polar surface area (TPSA) is 161 Å². The number of aromatic hydroxyl groups is 2. The Bertz CT molecular complexity index is 993. The Kier molecular flexibility index (Phi) is 11.4. The van der Waals surface area contributed by atoms with E-state index in [0.29, 0.717) is 36.8 Å². The number of phenolic OH excluding ortho intramolecular Hbond substituents is 2. The van der Waals surface area contributed by atoms with Crippen molar-refractivity contribution in [1.82, 2.24) is 0 Å². The molecule has 0 saturated heterocycles. The van der Waals surface area contributed by atoms with Crippen LogP contribution in [0.25, 0.3) is 0 Å². The van der Waals surface area contributed by atoms with Crippen molar-refractivity contribution < 1.29 is 39.1 Å². The quantitative estimate of drug-likeness (QED) is 0.230. The number of hydrogen-bond donors (Lipinski definition) is 5. The Balaban J connectivity index is 2.46. The van der Waals surface area contributed by atoms with Crippen LogP contribution in [-0.4, -0.2) is 66.0 Å². The zero-order valence-electron chi connectivity index (χ0n) is 22.1. The maximum absolute atomic E-state index is 12.5. The Labute approximate surface area is 218 Å². The molecule has 1 heterocycles. The highest BCUT2D eigenvalue weighted by Crippen LogP contribution is 2.35. The van der Waals surface area contributed by atoms with Gasteiger partial charge in [-0.25, -0.2) is 4.79 Å². The highest BCUT2D eigenvalue weighted by atomic mass is 16.6. The van der Waals surface area contributed by atoms with E-state index in [1.165, 1.54) is 32.4 Å². The van der Waals surface area contributed by atoms with Crippen molar-refractivity contribution in [3.63, 3.8) is 0 Å². The number of nitrogens with two attached hydrogens (primary N) is 1. The van der Waals surface area contributed by atoms with Gasteiger partial charge >= 0.3 is 6.09 Å². The minimum absolute atomic E-state index is 0.0566. The summed E-state index contributed by atoms with van der Waals surface area (Å²) in [6.07, 6.45) is 2.70. The summed E-state index contributed by atoms with van der Waals surface area (Å²) in [5.74, 6) is -1.12. The summed E-state index contributed by atoms with van der Waals surface area (Å²) < 4.78 is 16.6. The molecule has 206 valence electrons. The molecule has 0 fully saturated rings. The van der Waals surface area contributed by atoms with Crippen molar-refractivity contribution in [3.05, 3.63) is 41.5 Å². The van der Waals surface area contributed by atoms with Crippen LogP contribution in [0.2, 0.25) is 0 Å². The second kappa shape index (κ2) is 14.0. The first-order valence-corrected chi connectivity index (χ1v) is 12.4. The minimum Gasteiger partial charge on any atom is -0.508 e. The lowest BCUT2D eigenvalue weighted by Crippen LogP contribution is -2.37. The van der Waals surface area contributed by atoms with E-state index >= 15 is 0 Å². The zero-order valence-corrected chi connectivity index (χ0v) is 22.1. The fourth-order valence-corrected chi connectivity index (χ4v) is 4.71. The van der Waals surface area contributed by atoms with Crippen LogP contribution in [0.4, 0.5) is 10.5 Å². The lowest BCUT2D eigenvalue weighted by atomic mass is 9.88. The molecule has 10 nitrogen and oxygen atoms in total. The number of aliphatic hydroxyl groups is 1. The Morgan fingerprint density at radius 1 is 1.14 bits per heavy atom. The van der Waals surface area contributed by atoms with Gasteiger partial charge in [0.05, 0.1) is 24.0 Å². The van der Waals surface area contributed by atoms with E-state index in [0.717, 1.165) is 0 Å². The molecule has 10 heteroatoms. The van der Waals surface area contributed by atoms with E-state index in [4.69, 9.17) is 19.9 Å². The molecule has 1 aliphatic rings. The molecule has 1 aliphatic heterocycles. The van der Waals surface area contributed by atoms with Gasteiger partial charge in [-0.2, -0.15) is 0 Å². The van der Waals surface area contributed by atoms with Gasteiger partial charge in [0.2, 0.25) is 5.91 Å². The number of hydrogen-bond acceptors (Lipinski definition) is 8. The predicted molar refractivity (Wildman–Crippen MR) is 139 cm³/mol. The number of allylic oxidation sites excluding steroid dienone is 1. The lowest BCUT2D eigenvalue weighted by molar-refractivity contribution is -0.111. The van der Waals surface area contributed by atoms with Crippen molar-refractivity contribution >= 4 is 17.7 Å². The van der Waals surface area contributed by atoms with Gasteiger partial charge in [0.1, 0.15) is 11.5 Å². The summed E-state index contributed by atoms with van der Waals surface area (Å²) in [5, 5.41) is 34.6. The third-order valence-electron chi connectivity index (χ3n) is 6.60. The maximum Gasteiger partial charge on any atom is 0.405 e. The molecule has 1 aromatic rings. The summed E-state index contributed by atoms with van der Waals surface area (Å²) in [7, 11) is 3.01.